The largest absolute Gasteiger partial charge is 0.330 e. The van der Waals surface area contributed by atoms with E-state index in [9.17, 15) is 8.42 Å². The Morgan fingerprint density at radius 2 is 1.86 bits per heavy atom. The first kappa shape index (κ1) is 17.3. The van der Waals surface area contributed by atoms with E-state index in [-0.39, 0.29) is 20.9 Å². The summed E-state index contributed by atoms with van der Waals surface area (Å²) < 4.78 is 27.0. The van der Waals surface area contributed by atoms with Crippen molar-refractivity contribution in [3.8, 4) is 0 Å². The third-order valence-corrected chi connectivity index (χ3v) is 6.62. The van der Waals surface area contributed by atoms with Crippen LogP contribution in [0, 0.1) is 5.92 Å². The summed E-state index contributed by atoms with van der Waals surface area (Å²) in [6.45, 7) is 1.48. The molecule has 1 fully saturated rings. The van der Waals surface area contributed by atoms with E-state index in [4.69, 9.17) is 40.5 Å². The van der Waals surface area contributed by atoms with Gasteiger partial charge < -0.3 is 5.73 Å². The lowest BCUT2D eigenvalue weighted by Crippen LogP contribution is -2.40. The molecule has 1 aliphatic rings. The molecule has 2 rings (SSSR count). The molecule has 0 spiro atoms. The average molecular weight is 372 g/mol. The van der Waals surface area contributed by atoms with E-state index in [1.165, 1.54) is 16.4 Å². The molecular formula is C13H17Cl3N2O2S. The van der Waals surface area contributed by atoms with Gasteiger partial charge in [0.15, 0.2) is 0 Å². The van der Waals surface area contributed by atoms with Gasteiger partial charge in [-0.1, -0.05) is 34.8 Å². The van der Waals surface area contributed by atoms with Crippen LogP contribution in [-0.2, 0) is 10.0 Å². The molecule has 0 amide bonds. The van der Waals surface area contributed by atoms with E-state index in [1.54, 1.807) is 0 Å². The van der Waals surface area contributed by atoms with Crippen molar-refractivity contribution in [1.82, 2.24) is 4.31 Å². The predicted octanol–water partition coefficient (Wildman–Crippen LogP) is 3.40. The Labute approximate surface area is 140 Å². The van der Waals surface area contributed by atoms with Crippen molar-refractivity contribution in [2.24, 2.45) is 11.7 Å². The maximum Gasteiger partial charge on any atom is 0.246 e. The fraction of sp³-hybridized carbons (Fsp3) is 0.538. The first-order chi connectivity index (χ1) is 9.86. The summed E-state index contributed by atoms with van der Waals surface area (Å²) in [6, 6.07) is 2.78. The Morgan fingerprint density at radius 1 is 1.24 bits per heavy atom. The van der Waals surface area contributed by atoms with E-state index in [0.717, 1.165) is 19.3 Å². The molecule has 4 nitrogen and oxygen atoms in total. The molecule has 1 saturated heterocycles. The molecule has 8 heteroatoms. The van der Waals surface area contributed by atoms with Crippen molar-refractivity contribution in [1.29, 1.82) is 0 Å². The van der Waals surface area contributed by atoms with Crippen molar-refractivity contribution >= 4 is 44.8 Å². The highest BCUT2D eigenvalue weighted by Crippen LogP contribution is 2.36. The smallest absolute Gasteiger partial charge is 0.246 e. The van der Waals surface area contributed by atoms with Crippen LogP contribution in [0.15, 0.2) is 17.0 Å². The van der Waals surface area contributed by atoms with Crippen LogP contribution in [0.2, 0.25) is 15.1 Å². The highest BCUT2D eigenvalue weighted by molar-refractivity contribution is 7.89. The second kappa shape index (κ2) is 7.02. The minimum Gasteiger partial charge on any atom is -0.330 e. The van der Waals surface area contributed by atoms with Crippen LogP contribution < -0.4 is 5.73 Å². The predicted molar refractivity (Wildman–Crippen MR) is 86.6 cm³/mol. The summed E-state index contributed by atoms with van der Waals surface area (Å²) in [5.74, 6) is 0.281. The van der Waals surface area contributed by atoms with Gasteiger partial charge in [-0.15, -0.1) is 0 Å². The van der Waals surface area contributed by atoms with Gasteiger partial charge >= 0.3 is 0 Å². The Kier molecular flexibility index (Phi) is 5.79. The topological polar surface area (TPSA) is 63.4 Å². The maximum absolute atomic E-state index is 12.8. The molecule has 1 atom stereocenters. The van der Waals surface area contributed by atoms with Gasteiger partial charge in [0, 0.05) is 18.1 Å². The summed E-state index contributed by atoms with van der Waals surface area (Å²) in [7, 11) is -3.72. The van der Waals surface area contributed by atoms with Crippen LogP contribution in [0.1, 0.15) is 19.3 Å². The van der Waals surface area contributed by atoms with Crippen molar-refractivity contribution in [2.75, 3.05) is 19.6 Å². The Bertz CT molecular complexity index is 597. The Morgan fingerprint density at radius 3 is 2.43 bits per heavy atom. The van der Waals surface area contributed by atoms with Gasteiger partial charge in [-0.2, -0.15) is 4.31 Å². The van der Waals surface area contributed by atoms with Gasteiger partial charge in [0.2, 0.25) is 10.0 Å². The van der Waals surface area contributed by atoms with Crippen molar-refractivity contribution in [2.45, 2.75) is 24.2 Å². The van der Waals surface area contributed by atoms with Crippen molar-refractivity contribution < 1.29 is 8.42 Å². The van der Waals surface area contributed by atoms with E-state index in [0.29, 0.717) is 24.7 Å². The molecule has 1 unspecified atom stereocenters. The normalized spacial score (nSPS) is 20.7. The standard InChI is InChI=1S/C13H17Cl3N2O2S/c14-10-6-11(15)13(12(16)7-10)21(19,20)18-5-1-2-9(8-18)3-4-17/h6-7,9H,1-5,8,17H2. The lowest BCUT2D eigenvalue weighted by atomic mass is 9.96. The van der Waals surface area contributed by atoms with Crippen LogP contribution in [0.5, 0.6) is 0 Å². The second-order valence-electron chi connectivity index (χ2n) is 5.15. The van der Waals surface area contributed by atoms with Gasteiger partial charge in [0.1, 0.15) is 4.90 Å². The number of hydrogen-bond acceptors (Lipinski definition) is 3. The summed E-state index contributed by atoms with van der Waals surface area (Å²) in [5.41, 5.74) is 5.57. The zero-order valence-electron chi connectivity index (χ0n) is 11.4. The fourth-order valence-corrected chi connectivity index (χ4v) is 5.67. The van der Waals surface area contributed by atoms with Crippen LogP contribution in [0.4, 0.5) is 0 Å². The molecule has 0 saturated carbocycles. The molecule has 1 aliphatic heterocycles. The van der Waals surface area contributed by atoms with Crippen LogP contribution in [-0.4, -0.2) is 32.4 Å². The summed E-state index contributed by atoms with van der Waals surface area (Å²) in [6.07, 6.45) is 2.62. The first-order valence-corrected chi connectivity index (χ1v) is 9.28. The lowest BCUT2D eigenvalue weighted by Gasteiger charge is -2.32. The van der Waals surface area contributed by atoms with E-state index < -0.39 is 10.0 Å². The van der Waals surface area contributed by atoms with Crippen LogP contribution in [0.3, 0.4) is 0 Å². The van der Waals surface area contributed by atoms with Crippen molar-refractivity contribution in [3.05, 3.63) is 27.2 Å². The van der Waals surface area contributed by atoms with Gasteiger partial charge in [0.25, 0.3) is 0 Å². The zero-order chi connectivity index (χ0) is 15.6. The Hall–Kier alpha value is -0.0400. The number of rotatable bonds is 4. The minimum absolute atomic E-state index is 0.0495. The molecular weight excluding hydrogens is 355 g/mol. The van der Waals surface area contributed by atoms with E-state index in [1.807, 2.05) is 0 Å². The van der Waals surface area contributed by atoms with Gasteiger partial charge in [-0.25, -0.2) is 8.42 Å². The zero-order valence-corrected chi connectivity index (χ0v) is 14.4. The van der Waals surface area contributed by atoms with E-state index in [2.05, 4.69) is 0 Å². The van der Waals surface area contributed by atoms with Crippen molar-refractivity contribution in [3.63, 3.8) is 0 Å². The quantitative estimate of drug-likeness (QED) is 0.882. The number of hydrogen-bond donors (Lipinski definition) is 1. The third kappa shape index (κ3) is 3.84. The number of sulfonamides is 1. The highest BCUT2D eigenvalue weighted by Gasteiger charge is 2.33. The maximum atomic E-state index is 12.8. The van der Waals surface area contributed by atoms with Crippen LogP contribution in [0.25, 0.3) is 0 Å². The fourth-order valence-electron chi connectivity index (χ4n) is 2.62. The lowest BCUT2D eigenvalue weighted by molar-refractivity contribution is 0.258. The third-order valence-electron chi connectivity index (χ3n) is 3.62. The van der Waals surface area contributed by atoms with Gasteiger partial charge in [-0.3, -0.25) is 0 Å². The molecule has 1 heterocycles. The first-order valence-electron chi connectivity index (χ1n) is 6.71. The minimum atomic E-state index is -3.72. The monoisotopic (exact) mass is 370 g/mol. The molecule has 118 valence electrons. The molecule has 0 aliphatic carbocycles. The number of piperidine rings is 1. The van der Waals surface area contributed by atoms with Gasteiger partial charge in [0.05, 0.1) is 10.0 Å². The number of nitrogens with two attached hydrogens (primary N) is 1. The summed E-state index contributed by atoms with van der Waals surface area (Å²) in [4.78, 5) is -0.0661. The molecule has 1 aromatic carbocycles. The average Bonchev–Trinajstić information content (AvgIpc) is 2.37. The van der Waals surface area contributed by atoms with Crippen LogP contribution >= 0.6 is 34.8 Å². The summed E-state index contributed by atoms with van der Waals surface area (Å²) >= 11 is 17.9. The van der Waals surface area contributed by atoms with Gasteiger partial charge in [-0.05, 0) is 43.9 Å². The number of nitrogens with zero attached hydrogens (tertiary/aromatic N) is 1. The molecule has 0 aromatic heterocycles. The number of benzene rings is 1. The molecule has 0 radical (unpaired) electrons. The number of halogens is 3. The molecule has 21 heavy (non-hydrogen) atoms. The van der Waals surface area contributed by atoms with E-state index >= 15 is 0 Å². The molecule has 1 aromatic rings. The summed E-state index contributed by atoms with van der Waals surface area (Å²) in [5, 5.41) is 0.408. The second-order valence-corrected chi connectivity index (χ2v) is 8.27. The molecule has 0 bridgehead atoms. The molecule has 2 N–H and O–H groups in total. The Balaban J connectivity index is 2.34. The highest BCUT2D eigenvalue weighted by atomic mass is 35.5. The SMILES string of the molecule is NCCC1CCCN(S(=O)(=O)c2c(Cl)cc(Cl)cc2Cl)C1.